The largest absolute Gasteiger partial charge is 0.312 e. The summed E-state index contributed by atoms with van der Waals surface area (Å²) in [5, 5.41) is 8.65. The first-order valence-corrected chi connectivity index (χ1v) is 4.12. The van der Waals surface area contributed by atoms with Crippen LogP contribution in [-0.4, -0.2) is 12.5 Å². The number of benzene rings is 1. The number of rotatable bonds is 1. The smallest absolute Gasteiger partial charge is 0.228 e. The zero-order valence-corrected chi connectivity index (χ0v) is 7.03. The number of nitrogens with zero attached hydrogens (tertiary/aromatic N) is 2. The Balaban J connectivity index is 2.31. The Kier molecular flexibility index (Phi) is 1.75. The summed E-state index contributed by atoms with van der Waals surface area (Å²) in [4.78, 5) is 12.8. The maximum atomic E-state index is 11.1. The molecule has 0 aromatic heterocycles. The van der Waals surface area contributed by atoms with Crippen LogP contribution >= 0.6 is 0 Å². The van der Waals surface area contributed by atoms with Crippen molar-refractivity contribution in [3.63, 3.8) is 0 Å². The quantitative estimate of drug-likeness (QED) is 0.599. The Labute approximate surface area is 76.2 Å². The lowest BCUT2D eigenvalue weighted by molar-refractivity contribution is -0.122. The minimum atomic E-state index is 0.134. The molecule has 64 valence electrons. The van der Waals surface area contributed by atoms with Crippen molar-refractivity contribution in [3.8, 4) is 6.07 Å². The van der Waals surface area contributed by atoms with Gasteiger partial charge in [0, 0.05) is 18.7 Å². The molecule has 2 rings (SSSR count). The Morgan fingerprint density at radius 2 is 2.31 bits per heavy atom. The van der Waals surface area contributed by atoms with Crippen LogP contribution in [0.1, 0.15) is 12.0 Å². The molecule has 0 saturated carbocycles. The molecule has 3 heteroatoms. The molecule has 1 heterocycles. The molecule has 0 spiro atoms. The first-order chi connectivity index (χ1) is 6.31. The molecule has 1 aliphatic rings. The molecule has 0 unspecified atom stereocenters. The molecular formula is C10H8N2O. The van der Waals surface area contributed by atoms with Gasteiger partial charge in [0.25, 0.3) is 0 Å². The highest BCUT2D eigenvalue weighted by Crippen LogP contribution is 2.22. The number of β-lactam (4-membered cyclic amide) rings is 1. The fourth-order valence-corrected chi connectivity index (χ4v) is 1.33. The normalized spacial score (nSPS) is 15.0. The van der Waals surface area contributed by atoms with Crippen LogP contribution < -0.4 is 4.90 Å². The maximum Gasteiger partial charge on any atom is 0.228 e. The lowest BCUT2D eigenvalue weighted by Gasteiger charge is -2.30. The Morgan fingerprint density at radius 3 is 2.85 bits per heavy atom. The number of amides is 1. The third-order valence-electron chi connectivity index (χ3n) is 2.14. The maximum absolute atomic E-state index is 11.1. The highest BCUT2D eigenvalue weighted by atomic mass is 16.2. The van der Waals surface area contributed by atoms with Gasteiger partial charge >= 0.3 is 0 Å². The summed E-state index contributed by atoms with van der Waals surface area (Å²) in [6, 6.07) is 9.15. The van der Waals surface area contributed by atoms with Crippen LogP contribution in [0.3, 0.4) is 0 Å². The van der Waals surface area contributed by atoms with Crippen LogP contribution in [0.5, 0.6) is 0 Å². The molecule has 0 aliphatic carbocycles. The van der Waals surface area contributed by atoms with Gasteiger partial charge in [-0.15, -0.1) is 0 Å². The molecule has 1 amide bonds. The molecule has 0 atom stereocenters. The fraction of sp³-hybridized carbons (Fsp3) is 0.200. The van der Waals surface area contributed by atoms with E-state index >= 15 is 0 Å². The van der Waals surface area contributed by atoms with Gasteiger partial charge in [0.1, 0.15) is 0 Å². The van der Waals surface area contributed by atoms with E-state index in [0.717, 1.165) is 12.2 Å². The highest BCUT2D eigenvalue weighted by Gasteiger charge is 2.24. The lowest BCUT2D eigenvalue weighted by atomic mass is 10.1. The predicted octanol–water partition coefficient (Wildman–Crippen LogP) is 1.29. The summed E-state index contributed by atoms with van der Waals surface area (Å²) in [5.41, 5.74) is 1.42. The third-order valence-corrected chi connectivity index (χ3v) is 2.14. The Hall–Kier alpha value is -1.82. The predicted molar refractivity (Wildman–Crippen MR) is 48.1 cm³/mol. The van der Waals surface area contributed by atoms with Crippen molar-refractivity contribution >= 4 is 11.6 Å². The van der Waals surface area contributed by atoms with Gasteiger partial charge in [0.05, 0.1) is 11.6 Å². The van der Waals surface area contributed by atoms with Crippen molar-refractivity contribution in [3.05, 3.63) is 29.8 Å². The number of nitriles is 1. The zero-order valence-electron chi connectivity index (χ0n) is 7.03. The number of carbonyl (C=O) groups is 1. The number of anilines is 1. The molecule has 3 nitrogen and oxygen atoms in total. The van der Waals surface area contributed by atoms with Gasteiger partial charge in [-0.2, -0.15) is 5.26 Å². The molecule has 1 aromatic rings. The van der Waals surface area contributed by atoms with Crippen molar-refractivity contribution < 1.29 is 4.79 Å². The van der Waals surface area contributed by atoms with E-state index in [9.17, 15) is 4.79 Å². The monoisotopic (exact) mass is 172 g/mol. The first-order valence-electron chi connectivity index (χ1n) is 4.12. The van der Waals surface area contributed by atoms with Gasteiger partial charge < -0.3 is 4.90 Å². The van der Waals surface area contributed by atoms with Crippen LogP contribution in [0.2, 0.25) is 0 Å². The Bertz CT molecular complexity index is 392. The van der Waals surface area contributed by atoms with Crippen LogP contribution in [0, 0.1) is 11.3 Å². The second-order valence-corrected chi connectivity index (χ2v) is 2.96. The molecule has 1 saturated heterocycles. The topological polar surface area (TPSA) is 44.1 Å². The van der Waals surface area contributed by atoms with Gasteiger partial charge in [-0.05, 0) is 18.2 Å². The van der Waals surface area contributed by atoms with Crippen LogP contribution in [-0.2, 0) is 4.79 Å². The SMILES string of the molecule is N#Cc1cccc(N2CCC2=O)c1. The van der Waals surface area contributed by atoms with Crippen molar-refractivity contribution in [2.75, 3.05) is 11.4 Å². The van der Waals surface area contributed by atoms with E-state index < -0.39 is 0 Å². The van der Waals surface area contributed by atoms with E-state index in [-0.39, 0.29) is 5.91 Å². The minimum absolute atomic E-state index is 0.134. The van der Waals surface area contributed by atoms with E-state index in [1.807, 2.05) is 12.1 Å². The van der Waals surface area contributed by atoms with E-state index in [1.165, 1.54) is 0 Å². The van der Waals surface area contributed by atoms with Crippen LogP contribution in [0.15, 0.2) is 24.3 Å². The summed E-state index contributed by atoms with van der Waals surface area (Å²) in [5.74, 6) is 0.134. The Morgan fingerprint density at radius 1 is 1.46 bits per heavy atom. The third kappa shape index (κ3) is 1.27. The first kappa shape index (κ1) is 7.81. The van der Waals surface area contributed by atoms with Crippen molar-refractivity contribution in [1.29, 1.82) is 5.26 Å². The average Bonchev–Trinajstić information content (AvgIpc) is 2.16. The van der Waals surface area contributed by atoms with Gasteiger partial charge in [-0.1, -0.05) is 6.07 Å². The summed E-state index contributed by atoms with van der Waals surface area (Å²) >= 11 is 0. The highest BCUT2D eigenvalue weighted by molar-refractivity contribution is 5.99. The van der Waals surface area contributed by atoms with Crippen LogP contribution in [0.4, 0.5) is 5.69 Å². The van der Waals surface area contributed by atoms with Gasteiger partial charge in [-0.25, -0.2) is 0 Å². The standard InChI is InChI=1S/C10H8N2O/c11-7-8-2-1-3-9(6-8)12-5-4-10(12)13/h1-3,6H,4-5H2. The van der Waals surface area contributed by atoms with Crippen molar-refractivity contribution in [2.45, 2.75) is 6.42 Å². The van der Waals surface area contributed by atoms with Crippen molar-refractivity contribution in [1.82, 2.24) is 0 Å². The molecule has 0 radical (unpaired) electrons. The average molecular weight is 172 g/mol. The summed E-state index contributed by atoms with van der Waals surface area (Å²) < 4.78 is 0. The van der Waals surface area contributed by atoms with Crippen molar-refractivity contribution in [2.24, 2.45) is 0 Å². The van der Waals surface area contributed by atoms with E-state index in [0.29, 0.717) is 12.0 Å². The molecule has 1 aromatic carbocycles. The summed E-state index contributed by atoms with van der Waals surface area (Å²) in [6.45, 7) is 0.772. The van der Waals surface area contributed by atoms with Gasteiger partial charge in [0.15, 0.2) is 0 Å². The number of hydrogen-bond acceptors (Lipinski definition) is 2. The minimum Gasteiger partial charge on any atom is -0.312 e. The zero-order chi connectivity index (χ0) is 9.26. The van der Waals surface area contributed by atoms with Gasteiger partial charge in [0.2, 0.25) is 5.91 Å². The summed E-state index contributed by atoms with van der Waals surface area (Å²) in [7, 11) is 0. The molecule has 0 N–H and O–H groups in total. The number of carbonyl (C=O) groups excluding carboxylic acids is 1. The molecule has 1 aliphatic heterocycles. The van der Waals surface area contributed by atoms with Crippen LogP contribution in [0.25, 0.3) is 0 Å². The fourth-order valence-electron chi connectivity index (χ4n) is 1.33. The van der Waals surface area contributed by atoms with E-state index in [4.69, 9.17) is 5.26 Å². The van der Waals surface area contributed by atoms with Gasteiger partial charge in [-0.3, -0.25) is 4.79 Å². The lowest BCUT2D eigenvalue weighted by Crippen LogP contribution is -2.43. The second kappa shape index (κ2) is 2.91. The summed E-state index contributed by atoms with van der Waals surface area (Å²) in [6.07, 6.45) is 0.622. The molecule has 1 fully saturated rings. The second-order valence-electron chi connectivity index (χ2n) is 2.96. The van der Waals surface area contributed by atoms with E-state index in [2.05, 4.69) is 0 Å². The molecular weight excluding hydrogens is 164 g/mol. The number of hydrogen-bond donors (Lipinski definition) is 0. The van der Waals surface area contributed by atoms with E-state index in [1.54, 1.807) is 23.1 Å². The molecule has 13 heavy (non-hydrogen) atoms. The molecule has 0 bridgehead atoms.